The molecule has 0 spiro atoms. The summed E-state index contributed by atoms with van der Waals surface area (Å²) in [6.07, 6.45) is 0.703. The van der Waals surface area contributed by atoms with E-state index in [0.717, 1.165) is 6.42 Å². The zero-order chi connectivity index (χ0) is 16.8. The summed E-state index contributed by atoms with van der Waals surface area (Å²) in [7, 11) is 0. The van der Waals surface area contributed by atoms with Gasteiger partial charge in [-0.1, -0.05) is 31.9 Å². The summed E-state index contributed by atoms with van der Waals surface area (Å²) in [6, 6.07) is 5.98. The van der Waals surface area contributed by atoms with E-state index >= 15 is 0 Å². The third kappa shape index (κ3) is 4.45. The van der Waals surface area contributed by atoms with Gasteiger partial charge in [-0.05, 0) is 18.6 Å². The lowest BCUT2D eigenvalue weighted by Gasteiger charge is -2.25. The van der Waals surface area contributed by atoms with Crippen LogP contribution in [-0.4, -0.2) is 35.0 Å². The number of ether oxygens (including phenoxy) is 1. The van der Waals surface area contributed by atoms with E-state index < -0.39 is 29.9 Å². The summed E-state index contributed by atoms with van der Waals surface area (Å²) in [4.78, 5) is 35.1. The number of hydrogen-bond donors (Lipinski definition) is 3. The number of unbranched alkanes of at least 4 members (excludes halogenated alkanes) is 1. The van der Waals surface area contributed by atoms with E-state index in [0.29, 0.717) is 24.3 Å². The monoisotopic (exact) mass is 320 g/mol. The van der Waals surface area contributed by atoms with Gasteiger partial charge in [0.15, 0.2) is 6.10 Å². The average molecular weight is 320 g/mol. The van der Waals surface area contributed by atoms with Crippen molar-refractivity contribution in [2.24, 2.45) is 0 Å². The predicted molar refractivity (Wildman–Crippen MR) is 83.2 cm³/mol. The van der Waals surface area contributed by atoms with Gasteiger partial charge in [0.05, 0.1) is 12.1 Å². The first kappa shape index (κ1) is 16.8. The molecule has 1 aliphatic heterocycles. The Balaban J connectivity index is 1.94. The number of carbonyl (C=O) groups excluding carboxylic acids is 2. The number of nitrogens with one attached hydrogen (secondary N) is 2. The molecule has 2 rings (SSSR count). The third-order valence-corrected chi connectivity index (χ3v) is 3.56. The quantitative estimate of drug-likeness (QED) is 0.707. The van der Waals surface area contributed by atoms with Crippen molar-refractivity contribution in [3.63, 3.8) is 0 Å². The van der Waals surface area contributed by atoms with Gasteiger partial charge in [0.1, 0.15) is 11.8 Å². The van der Waals surface area contributed by atoms with Gasteiger partial charge in [0.25, 0.3) is 5.91 Å². The molecule has 0 radical (unpaired) electrons. The lowest BCUT2D eigenvalue weighted by Crippen LogP contribution is -2.45. The summed E-state index contributed by atoms with van der Waals surface area (Å²) in [5.41, 5.74) is 0.556. The molecule has 23 heavy (non-hydrogen) atoms. The SMILES string of the molecule is CCCC[C@H](NC(=O)CC1Oc2ccccc2NC1=O)C(=O)O. The highest BCUT2D eigenvalue weighted by molar-refractivity contribution is 6.00. The third-order valence-electron chi connectivity index (χ3n) is 3.56. The number of rotatable bonds is 7. The first-order chi connectivity index (χ1) is 11.0. The van der Waals surface area contributed by atoms with Gasteiger partial charge in [-0.3, -0.25) is 9.59 Å². The van der Waals surface area contributed by atoms with Gasteiger partial charge in [0.2, 0.25) is 5.91 Å². The van der Waals surface area contributed by atoms with Crippen LogP contribution < -0.4 is 15.4 Å². The molecule has 7 heteroatoms. The summed E-state index contributed by atoms with van der Waals surface area (Å²) in [6.45, 7) is 1.94. The number of fused-ring (bicyclic) bond motifs is 1. The first-order valence-corrected chi connectivity index (χ1v) is 7.60. The van der Waals surface area contributed by atoms with Crippen LogP contribution in [-0.2, 0) is 14.4 Å². The standard InChI is InChI=1S/C16H20N2O5/c1-2-3-6-11(16(21)22)17-14(19)9-13-15(20)18-10-7-4-5-8-12(10)23-13/h4-5,7-8,11,13H,2-3,6,9H2,1H3,(H,17,19)(H,18,20)(H,21,22)/t11-,13?/m0/s1. The molecule has 1 unspecified atom stereocenters. The van der Waals surface area contributed by atoms with E-state index in [9.17, 15) is 14.4 Å². The number of benzene rings is 1. The normalized spacial score (nSPS) is 17.4. The van der Waals surface area contributed by atoms with Crippen molar-refractivity contribution >= 4 is 23.5 Å². The molecular weight excluding hydrogens is 300 g/mol. The van der Waals surface area contributed by atoms with E-state index in [2.05, 4.69) is 10.6 Å². The molecule has 1 aromatic carbocycles. The molecule has 0 saturated heterocycles. The van der Waals surface area contributed by atoms with Crippen molar-refractivity contribution in [2.75, 3.05) is 5.32 Å². The maximum absolute atomic E-state index is 12.0. The molecule has 2 amide bonds. The summed E-state index contributed by atoms with van der Waals surface area (Å²) < 4.78 is 5.52. The average Bonchev–Trinajstić information content (AvgIpc) is 2.51. The molecule has 1 heterocycles. The van der Waals surface area contributed by atoms with Gasteiger partial charge in [0, 0.05) is 0 Å². The second-order valence-electron chi connectivity index (χ2n) is 5.40. The molecular formula is C16H20N2O5. The van der Waals surface area contributed by atoms with Crippen LogP contribution in [0.1, 0.15) is 32.6 Å². The molecule has 3 N–H and O–H groups in total. The molecule has 124 valence electrons. The Bertz CT molecular complexity index is 602. The van der Waals surface area contributed by atoms with Gasteiger partial charge >= 0.3 is 5.97 Å². The topological polar surface area (TPSA) is 105 Å². The maximum Gasteiger partial charge on any atom is 0.326 e. The van der Waals surface area contributed by atoms with Crippen LogP contribution in [0.25, 0.3) is 0 Å². The van der Waals surface area contributed by atoms with Crippen molar-refractivity contribution < 1.29 is 24.2 Å². The number of anilines is 1. The van der Waals surface area contributed by atoms with Crippen LogP contribution in [0.4, 0.5) is 5.69 Å². The highest BCUT2D eigenvalue weighted by atomic mass is 16.5. The Morgan fingerprint density at radius 3 is 2.83 bits per heavy atom. The van der Waals surface area contributed by atoms with Crippen molar-refractivity contribution in [3.8, 4) is 5.75 Å². The zero-order valence-electron chi connectivity index (χ0n) is 12.9. The minimum Gasteiger partial charge on any atom is -0.480 e. The van der Waals surface area contributed by atoms with E-state index in [1.54, 1.807) is 24.3 Å². The predicted octanol–water partition coefficient (Wildman–Crippen LogP) is 1.54. The Kier molecular flexibility index (Phi) is 5.56. The first-order valence-electron chi connectivity index (χ1n) is 7.60. The van der Waals surface area contributed by atoms with Gasteiger partial charge in [-0.15, -0.1) is 0 Å². The Morgan fingerprint density at radius 1 is 1.39 bits per heavy atom. The zero-order valence-corrected chi connectivity index (χ0v) is 12.9. The Hall–Kier alpha value is -2.57. The smallest absolute Gasteiger partial charge is 0.326 e. The van der Waals surface area contributed by atoms with Crippen molar-refractivity contribution in [1.29, 1.82) is 0 Å². The molecule has 0 aliphatic carbocycles. The van der Waals surface area contributed by atoms with Crippen LogP contribution >= 0.6 is 0 Å². The van der Waals surface area contributed by atoms with Crippen LogP contribution in [0.3, 0.4) is 0 Å². The van der Waals surface area contributed by atoms with E-state index in [4.69, 9.17) is 9.84 Å². The second-order valence-corrected chi connectivity index (χ2v) is 5.40. The number of amides is 2. The van der Waals surface area contributed by atoms with Crippen LogP contribution in [0.5, 0.6) is 5.75 Å². The molecule has 0 saturated carbocycles. The van der Waals surface area contributed by atoms with Crippen molar-refractivity contribution in [1.82, 2.24) is 5.32 Å². The summed E-state index contributed by atoms with van der Waals surface area (Å²) >= 11 is 0. The minimum atomic E-state index is -1.08. The van der Waals surface area contributed by atoms with Crippen LogP contribution in [0.15, 0.2) is 24.3 Å². The number of para-hydroxylation sites is 2. The number of carboxylic acids is 1. The Morgan fingerprint density at radius 2 is 2.13 bits per heavy atom. The lowest BCUT2D eigenvalue weighted by molar-refractivity contribution is -0.142. The molecule has 1 aromatic rings. The lowest BCUT2D eigenvalue weighted by atomic mass is 10.1. The number of aliphatic carboxylic acids is 1. The van der Waals surface area contributed by atoms with Crippen LogP contribution in [0, 0.1) is 0 Å². The van der Waals surface area contributed by atoms with E-state index in [-0.39, 0.29) is 6.42 Å². The molecule has 0 bridgehead atoms. The van der Waals surface area contributed by atoms with Crippen molar-refractivity contribution in [3.05, 3.63) is 24.3 Å². The fourth-order valence-corrected chi connectivity index (χ4v) is 2.31. The largest absolute Gasteiger partial charge is 0.480 e. The maximum atomic E-state index is 12.0. The number of carboxylic acid groups (broad SMARTS) is 1. The highest BCUT2D eigenvalue weighted by Gasteiger charge is 2.30. The minimum absolute atomic E-state index is 0.226. The highest BCUT2D eigenvalue weighted by Crippen LogP contribution is 2.29. The molecule has 0 fully saturated rings. The number of hydrogen-bond acceptors (Lipinski definition) is 4. The van der Waals surface area contributed by atoms with Crippen molar-refractivity contribution in [2.45, 2.75) is 44.8 Å². The van der Waals surface area contributed by atoms with Gasteiger partial charge in [-0.25, -0.2) is 4.79 Å². The second kappa shape index (κ2) is 7.62. The molecule has 2 atom stereocenters. The van der Waals surface area contributed by atoms with Gasteiger partial charge in [-0.2, -0.15) is 0 Å². The van der Waals surface area contributed by atoms with E-state index in [1.165, 1.54) is 0 Å². The van der Waals surface area contributed by atoms with Gasteiger partial charge < -0.3 is 20.5 Å². The molecule has 7 nitrogen and oxygen atoms in total. The van der Waals surface area contributed by atoms with E-state index in [1.807, 2.05) is 6.92 Å². The fourth-order valence-electron chi connectivity index (χ4n) is 2.31. The fraction of sp³-hybridized carbons (Fsp3) is 0.438. The summed E-state index contributed by atoms with van der Waals surface area (Å²) in [5, 5.41) is 14.2. The van der Waals surface area contributed by atoms with Crippen LogP contribution in [0.2, 0.25) is 0 Å². The Labute approximate surface area is 134 Å². The molecule has 0 aromatic heterocycles. The molecule has 1 aliphatic rings. The summed E-state index contributed by atoms with van der Waals surface area (Å²) in [5.74, 6) is -1.52. The number of carbonyl (C=O) groups is 3.